The van der Waals surface area contributed by atoms with Crippen LogP contribution in [-0.4, -0.2) is 106 Å². The number of rotatable bonds is 24. The zero-order chi connectivity index (χ0) is 20.5. The maximum absolute atomic E-state index is 5.93. The molecule has 0 aromatic carbocycles. The van der Waals surface area contributed by atoms with Crippen molar-refractivity contribution in [1.29, 1.82) is 0 Å². The summed E-state index contributed by atoms with van der Waals surface area (Å²) in [7, 11) is 3.32. The zero-order valence-electron chi connectivity index (χ0n) is 18.2. The van der Waals surface area contributed by atoms with Crippen LogP contribution in [0.5, 0.6) is 0 Å². The summed E-state index contributed by atoms with van der Waals surface area (Å²) >= 11 is 0. The summed E-state index contributed by atoms with van der Waals surface area (Å²) < 4.78 is 43.1. The standard InChI is InChI=1S/C20H42O8/c1-4-23-18-19-28-20(7-9-25-15-17-27-13-11-22-3)6-5-8-24-14-16-26-12-10-21-2/h20H,4-19H2,1-3H3. The average Bonchev–Trinajstić information content (AvgIpc) is 2.71. The number of hydrogen-bond acceptors (Lipinski definition) is 8. The highest BCUT2D eigenvalue weighted by atomic mass is 16.6. The molecule has 0 aliphatic heterocycles. The second-order valence-electron chi connectivity index (χ2n) is 6.06. The first-order valence-corrected chi connectivity index (χ1v) is 10.3. The van der Waals surface area contributed by atoms with Gasteiger partial charge in [-0.15, -0.1) is 0 Å². The fourth-order valence-electron chi connectivity index (χ4n) is 2.29. The zero-order valence-corrected chi connectivity index (χ0v) is 18.2. The van der Waals surface area contributed by atoms with Gasteiger partial charge in [0.05, 0.1) is 72.2 Å². The molecule has 0 heterocycles. The Labute approximate surface area is 171 Å². The molecule has 8 heteroatoms. The average molecular weight is 411 g/mol. The number of methoxy groups -OCH3 is 2. The maximum Gasteiger partial charge on any atom is 0.0704 e. The van der Waals surface area contributed by atoms with E-state index in [-0.39, 0.29) is 6.10 Å². The van der Waals surface area contributed by atoms with Gasteiger partial charge in [0.15, 0.2) is 0 Å². The molecule has 28 heavy (non-hydrogen) atoms. The van der Waals surface area contributed by atoms with Crippen molar-refractivity contribution < 1.29 is 37.9 Å². The lowest BCUT2D eigenvalue weighted by Crippen LogP contribution is -2.20. The summed E-state index contributed by atoms with van der Waals surface area (Å²) in [5.74, 6) is 0. The lowest BCUT2D eigenvalue weighted by Gasteiger charge is -2.18. The van der Waals surface area contributed by atoms with E-state index in [2.05, 4.69) is 0 Å². The Kier molecular flexibility index (Phi) is 24.4. The van der Waals surface area contributed by atoms with Gasteiger partial charge in [0, 0.05) is 34.0 Å². The van der Waals surface area contributed by atoms with Gasteiger partial charge >= 0.3 is 0 Å². The van der Waals surface area contributed by atoms with Crippen molar-refractivity contribution in [2.24, 2.45) is 0 Å². The second-order valence-corrected chi connectivity index (χ2v) is 6.06. The molecule has 8 nitrogen and oxygen atoms in total. The van der Waals surface area contributed by atoms with E-state index >= 15 is 0 Å². The molecule has 0 aliphatic rings. The van der Waals surface area contributed by atoms with E-state index in [0.717, 1.165) is 19.3 Å². The Balaban J connectivity index is 3.70. The molecule has 0 bridgehead atoms. The lowest BCUT2D eigenvalue weighted by molar-refractivity contribution is -0.0252. The molecule has 0 spiro atoms. The molecule has 0 saturated heterocycles. The molecule has 0 rings (SSSR count). The summed E-state index contributed by atoms with van der Waals surface area (Å²) in [5.41, 5.74) is 0. The Morgan fingerprint density at radius 1 is 0.500 bits per heavy atom. The highest BCUT2D eigenvalue weighted by Gasteiger charge is 2.09. The minimum absolute atomic E-state index is 0.149. The third kappa shape index (κ3) is 22.0. The van der Waals surface area contributed by atoms with Crippen LogP contribution in [0.4, 0.5) is 0 Å². The van der Waals surface area contributed by atoms with Gasteiger partial charge in [0.25, 0.3) is 0 Å². The van der Waals surface area contributed by atoms with E-state index in [1.165, 1.54) is 0 Å². The van der Waals surface area contributed by atoms with Gasteiger partial charge in [-0.1, -0.05) is 0 Å². The van der Waals surface area contributed by atoms with E-state index in [1.807, 2.05) is 6.92 Å². The predicted octanol–water partition coefficient (Wildman–Crippen LogP) is 1.94. The van der Waals surface area contributed by atoms with Crippen molar-refractivity contribution in [3.8, 4) is 0 Å². The lowest BCUT2D eigenvalue weighted by atomic mass is 10.1. The molecule has 0 aliphatic carbocycles. The summed E-state index contributed by atoms with van der Waals surface area (Å²) in [5, 5.41) is 0. The highest BCUT2D eigenvalue weighted by molar-refractivity contribution is 4.59. The molecule has 0 fully saturated rings. The SMILES string of the molecule is CCOCCOC(CCCOCCOCCOC)CCOCCOCCOC. The quantitative estimate of drug-likeness (QED) is 0.224. The Morgan fingerprint density at radius 2 is 1.00 bits per heavy atom. The maximum atomic E-state index is 5.93. The molecule has 1 unspecified atom stereocenters. The van der Waals surface area contributed by atoms with Gasteiger partial charge in [-0.3, -0.25) is 0 Å². The van der Waals surface area contributed by atoms with Crippen molar-refractivity contribution in [3.63, 3.8) is 0 Å². The monoisotopic (exact) mass is 410 g/mol. The number of hydrogen-bond donors (Lipinski definition) is 0. The molecule has 0 radical (unpaired) electrons. The Bertz CT molecular complexity index is 281. The first-order chi connectivity index (χ1) is 13.8. The van der Waals surface area contributed by atoms with Crippen molar-refractivity contribution >= 4 is 0 Å². The van der Waals surface area contributed by atoms with Crippen LogP contribution in [0, 0.1) is 0 Å². The highest BCUT2D eigenvalue weighted by Crippen LogP contribution is 2.08. The third-order valence-electron chi connectivity index (χ3n) is 3.79. The van der Waals surface area contributed by atoms with E-state index in [9.17, 15) is 0 Å². The van der Waals surface area contributed by atoms with E-state index in [4.69, 9.17) is 37.9 Å². The van der Waals surface area contributed by atoms with Crippen molar-refractivity contribution in [1.82, 2.24) is 0 Å². The number of ether oxygens (including phenoxy) is 8. The van der Waals surface area contributed by atoms with Crippen molar-refractivity contribution in [2.75, 3.05) is 100 Å². The third-order valence-corrected chi connectivity index (χ3v) is 3.79. The minimum Gasteiger partial charge on any atom is -0.382 e. The normalized spacial score (nSPS) is 12.5. The van der Waals surface area contributed by atoms with Crippen LogP contribution in [0.15, 0.2) is 0 Å². The van der Waals surface area contributed by atoms with Crippen LogP contribution in [0.2, 0.25) is 0 Å². The summed E-state index contributed by atoms with van der Waals surface area (Å²) in [6.45, 7) is 10.1. The smallest absolute Gasteiger partial charge is 0.0704 e. The second kappa shape index (κ2) is 24.7. The largest absolute Gasteiger partial charge is 0.382 e. The molecule has 0 N–H and O–H groups in total. The molecular formula is C20H42O8. The predicted molar refractivity (Wildman–Crippen MR) is 107 cm³/mol. The van der Waals surface area contributed by atoms with Gasteiger partial charge < -0.3 is 37.9 Å². The fraction of sp³-hybridized carbons (Fsp3) is 1.00. The first kappa shape index (κ1) is 27.7. The van der Waals surface area contributed by atoms with Crippen LogP contribution in [0.25, 0.3) is 0 Å². The van der Waals surface area contributed by atoms with Crippen molar-refractivity contribution in [3.05, 3.63) is 0 Å². The minimum atomic E-state index is 0.149. The fourth-order valence-corrected chi connectivity index (χ4v) is 2.29. The van der Waals surface area contributed by atoms with Gasteiger partial charge in [-0.25, -0.2) is 0 Å². The first-order valence-electron chi connectivity index (χ1n) is 10.3. The summed E-state index contributed by atoms with van der Waals surface area (Å²) in [6.07, 6.45) is 2.88. The van der Waals surface area contributed by atoms with E-state index < -0.39 is 0 Å². The molecule has 0 aromatic heterocycles. The van der Waals surface area contributed by atoms with Crippen LogP contribution in [0.1, 0.15) is 26.2 Å². The molecule has 0 saturated carbocycles. The molecular weight excluding hydrogens is 368 g/mol. The van der Waals surface area contributed by atoms with Gasteiger partial charge in [-0.2, -0.15) is 0 Å². The molecule has 0 aromatic rings. The van der Waals surface area contributed by atoms with E-state index in [1.54, 1.807) is 14.2 Å². The van der Waals surface area contributed by atoms with Crippen LogP contribution in [0.3, 0.4) is 0 Å². The van der Waals surface area contributed by atoms with Gasteiger partial charge in [0.1, 0.15) is 0 Å². The van der Waals surface area contributed by atoms with Crippen LogP contribution in [-0.2, 0) is 37.9 Å². The Hall–Kier alpha value is -0.320. The summed E-state index contributed by atoms with van der Waals surface area (Å²) in [6, 6.07) is 0. The molecule has 0 amide bonds. The van der Waals surface area contributed by atoms with Crippen molar-refractivity contribution in [2.45, 2.75) is 32.3 Å². The topological polar surface area (TPSA) is 73.8 Å². The van der Waals surface area contributed by atoms with Crippen LogP contribution < -0.4 is 0 Å². The van der Waals surface area contributed by atoms with Gasteiger partial charge in [-0.05, 0) is 26.2 Å². The van der Waals surface area contributed by atoms with Gasteiger partial charge in [0.2, 0.25) is 0 Å². The molecule has 170 valence electrons. The summed E-state index contributed by atoms with van der Waals surface area (Å²) in [4.78, 5) is 0. The Morgan fingerprint density at radius 3 is 1.57 bits per heavy atom. The van der Waals surface area contributed by atoms with Crippen LogP contribution >= 0.6 is 0 Å². The van der Waals surface area contributed by atoms with E-state index in [0.29, 0.717) is 85.9 Å². The molecule has 1 atom stereocenters.